The fraction of sp³-hybridized carbons (Fsp3) is 0.100. The highest BCUT2D eigenvalue weighted by Crippen LogP contribution is 2.29. The molecule has 0 unspecified atom stereocenters. The van der Waals surface area contributed by atoms with Crippen LogP contribution in [0.3, 0.4) is 0 Å². The van der Waals surface area contributed by atoms with E-state index in [-0.39, 0.29) is 5.82 Å². The van der Waals surface area contributed by atoms with Crippen LogP contribution in [0.25, 0.3) is 10.1 Å². The number of rotatable bonds is 1. The van der Waals surface area contributed by atoms with Gasteiger partial charge >= 0.3 is 0 Å². The largest absolute Gasteiger partial charge is 0.298 e. The zero-order chi connectivity index (χ0) is 9.42. The van der Waals surface area contributed by atoms with E-state index in [0.717, 1.165) is 16.4 Å². The summed E-state index contributed by atoms with van der Waals surface area (Å²) in [7, 11) is 0. The zero-order valence-electron chi connectivity index (χ0n) is 7.00. The second kappa shape index (κ2) is 2.92. The predicted octanol–water partition coefficient (Wildman–Crippen LogP) is 3.16. The van der Waals surface area contributed by atoms with E-state index < -0.39 is 0 Å². The van der Waals surface area contributed by atoms with Crippen molar-refractivity contribution >= 4 is 27.7 Å². The molecule has 0 aliphatic rings. The molecule has 1 nitrogen and oxygen atoms in total. The van der Waals surface area contributed by atoms with E-state index in [0.29, 0.717) is 11.1 Å². The van der Waals surface area contributed by atoms with E-state index in [2.05, 4.69) is 0 Å². The highest BCUT2D eigenvalue weighted by Gasteiger charge is 2.07. The second-order valence-corrected chi connectivity index (χ2v) is 3.74. The van der Waals surface area contributed by atoms with Crippen molar-refractivity contribution in [3.63, 3.8) is 0 Å². The van der Waals surface area contributed by atoms with Gasteiger partial charge < -0.3 is 0 Å². The summed E-state index contributed by atoms with van der Waals surface area (Å²) in [5.74, 6) is -0.216. The third kappa shape index (κ3) is 1.16. The van der Waals surface area contributed by atoms with Crippen molar-refractivity contribution in [3.05, 3.63) is 34.5 Å². The van der Waals surface area contributed by atoms with Gasteiger partial charge in [-0.1, -0.05) is 0 Å². The van der Waals surface area contributed by atoms with E-state index in [4.69, 9.17) is 0 Å². The van der Waals surface area contributed by atoms with Gasteiger partial charge in [-0.2, -0.15) is 0 Å². The predicted molar refractivity (Wildman–Crippen MR) is 51.9 cm³/mol. The minimum Gasteiger partial charge on any atom is -0.298 e. The van der Waals surface area contributed by atoms with Crippen LogP contribution < -0.4 is 0 Å². The first-order valence-corrected chi connectivity index (χ1v) is 4.73. The maximum absolute atomic E-state index is 13.1. The number of carbonyl (C=O) groups excluding carboxylic acids is 1. The van der Waals surface area contributed by atoms with Crippen LogP contribution in [0.4, 0.5) is 4.39 Å². The van der Waals surface area contributed by atoms with Gasteiger partial charge in [0.1, 0.15) is 5.82 Å². The Morgan fingerprint density at radius 1 is 1.46 bits per heavy atom. The SMILES string of the molecule is Cc1c(F)ccc2c(C=O)csc12. The first kappa shape index (κ1) is 8.38. The van der Waals surface area contributed by atoms with Crippen LogP contribution in [0.5, 0.6) is 0 Å². The van der Waals surface area contributed by atoms with Crippen LogP contribution in [-0.4, -0.2) is 6.29 Å². The molecule has 0 bridgehead atoms. The van der Waals surface area contributed by atoms with Crippen LogP contribution in [0.15, 0.2) is 17.5 Å². The van der Waals surface area contributed by atoms with E-state index in [1.165, 1.54) is 17.4 Å². The highest BCUT2D eigenvalue weighted by molar-refractivity contribution is 7.17. The van der Waals surface area contributed by atoms with Crippen molar-refractivity contribution < 1.29 is 9.18 Å². The molecular formula is C10H7FOS. The lowest BCUT2D eigenvalue weighted by Crippen LogP contribution is -1.82. The van der Waals surface area contributed by atoms with E-state index in [1.807, 2.05) is 0 Å². The topological polar surface area (TPSA) is 17.1 Å². The molecule has 0 fully saturated rings. The molecule has 0 spiro atoms. The first-order valence-electron chi connectivity index (χ1n) is 3.85. The summed E-state index contributed by atoms with van der Waals surface area (Å²) >= 11 is 1.41. The Kier molecular flexibility index (Phi) is 1.88. The molecule has 66 valence electrons. The quantitative estimate of drug-likeness (QED) is 0.637. The van der Waals surface area contributed by atoms with Crippen LogP contribution in [0, 0.1) is 12.7 Å². The molecule has 0 radical (unpaired) electrons. The summed E-state index contributed by atoms with van der Waals surface area (Å²) in [5, 5.41) is 2.60. The number of benzene rings is 1. The van der Waals surface area contributed by atoms with Crippen molar-refractivity contribution in [1.82, 2.24) is 0 Å². The van der Waals surface area contributed by atoms with Crippen LogP contribution in [0.1, 0.15) is 15.9 Å². The molecule has 0 saturated carbocycles. The lowest BCUT2D eigenvalue weighted by Gasteiger charge is -1.97. The minimum atomic E-state index is -0.216. The normalized spacial score (nSPS) is 10.6. The highest BCUT2D eigenvalue weighted by atomic mass is 32.1. The smallest absolute Gasteiger partial charge is 0.151 e. The molecule has 2 rings (SSSR count). The summed E-state index contributed by atoms with van der Waals surface area (Å²) < 4.78 is 13.9. The summed E-state index contributed by atoms with van der Waals surface area (Å²) in [4.78, 5) is 10.6. The zero-order valence-corrected chi connectivity index (χ0v) is 7.82. The summed E-state index contributed by atoms with van der Waals surface area (Å²) in [6.07, 6.45) is 0.802. The van der Waals surface area contributed by atoms with Crippen LogP contribution in [-0.2, 0) is 0 Å². The monoisotopic (exact) mass is 194 g/mol. The number of hydrogen-bond donors (Lipinski definition) is 0. The molecule has 0 aliphatic carbocycles. The van der Waals surface area contributed by atoms with Gasteiger partial charge in [0.2, 0.25) is 0 Å². The fourth-order valence-corrected chi connectivity index (χ4v) is 2.34. The Morgan fingerprint density at radius 2 is 2.23 bits per heavy atom. The number of hydrogen-bond acceptors (Lipinski definition) is 2. The fourth-order valence-electron chi connectivity index (χ4n) is 1.32. The average molecular weight is 194 g/mol. The maximum Gasteiger partial charge on any atom is 0.151 e. The van der Waals surface area contributed by atoms with Gasteiger partial charge in [0, 0.05) is 26.6 Å². The molecule has 13 heavy (non-hydrogen) atoms. The molecule has 2 aromatic rings. The number of aryl methyl sites for hydroxylation is 1. The van der Waals surface area contributed by atoms with Crippen molar-refractivity contribution in [2.45, 2.75) is 6.92 Å². The molecule has 0 amide bonds. The van der Waals surface area contributed by atoms with Gasteiger partial charge in [-0.05, 0) is 19.1 Å². The van der Waals surface area contributed by atoms with E-state index in [1.54, 1.807) is 18.4 Å². The van der Waals surface area contributed by atoms with Crippen molar-refractivity contribution in [2.75, 3.05) is 0 Å². The Morgan fingerprint density at radius 3 is 2.92 bits per heavy atom. The summed E-state index contributed by atoms with van der Waals surface area (Å²) in [5.41, 5.74) is 1.26. The number of thiophene rings is 1. The first-order chi connectivity index (χ1) is 6.24. The number of halogens is 1. The number of aldehydes is 1. The Bertz CT molecular complexity index is 473. The van der Waals surface area contributed by atoms with Crippen LogP contribution in [0.2, 0.25) is 0 Å². The molecule has 0 aliphatic heterocycles. The average Bonchev–Trinajstić information content (AvgIpc) is 2.55. The molecule has 1 aromatic heterocycles. The Hall–Kier alpha value is -1.22. The van der Waals surface area contributed by atoms with Gasteiger partial charge in [-0.15, -0.1) is 11.3 Å². The molecule has 0 N–H and O–H groups in total. The van der Waals surface area contributed by atoms with Gasteiger partial charge in [-0.25, -0.2) is 4.39 Å². The molecule has 1 heterocycles. The minimum absolute atomic E-state index is 0.216. The van der Waals surface area contributed by atoms with Gasteiger partial charge in [0.25, 0.3) is 0 Å². The van der Waals surface area contributed by atoms with Crippen molar-refractivity contribution in [2.24, 2.45) is 0 Å². The standard InChI is InChI=1S/C10H7FOS/c1-6-9(11)3-2-8-7(4-12)5-13-10(6)8/h2-5H,1H3. The van der Waals surface area contributed by atoms with Crippen molar-refractivity contribution in [3.8, 4) is 0 Å². The summed E-state index contributed by atoms with van der Waals surface area (Å²) in [6, 6.07) is 3.05. The van der Waals surface area contributed by atoms with Crippen LogP contribution >= 0.6 is 11.3 Å². The van der Waals surface area contributed by atoms with E-state index in [9.17, 15) is 9.18 Å². The molecular weight excluding hydrogens is 187 g/mol. The van der Waals surface area contributed by atoms with Gasteiger partial charge in [-0.3, -0.25) is 4.79 Å². The Labute approximate surface area is 78.8 Å². The lowest BCUT2D eigenvalue weighted by atomic mass is 10.1. The lowest BCUT2D eigenvalue weighted by molar-refractivity contribution is 0.112. The van der Waals surface area contributed by atoms with E-state index >= 15 is 0 Å². The number of fused-ring (bicyclic) bond motifs is 1. The summed E-state index contributed by atoms with van der Waals surface area (Å²) in [6.45, 7) is 1.72. The second-order valence-electron chi connectivity index (χ2n) is 2.86. The molecule has 3 heteroatoms. The third-order valence-corrected chi connectivity index (χ3v) is 3.22. The third-order valence-electron chi connectivity index (χ3n) is 2.08. The van der Waals surface area contributed by atoms with Gasteiger partial charge in [0.05, 0.1) is 0 Å². The Balaban J connectivity index is 2.88. The molecule has 1 aromatic carbocycles. The molecule has 0 atom stereocenters. The molecule has 0 saturated heterocycles. The maximum atomic E-state index is 13.1. The van der Waals surface area contributed by atoms with Gasteiger partial charge in [0.15, 0.2) is 6.29 Å². The number of carbonyl (C=O) groups is 1. The van der Waals surface area contributed by atoms with Crippen molar-refractivity contribution in [1.29, 1.82) is 0 Å².